The Morgan fingerprint density at radius 2 is 1.80 bits per heavy atom. The van der Waals surface area contributed by atoms with Crippen LogP contribution < -0.4 is 15.4 Å². The molecular formula is C17H13N3O4S. The van der Waals surface area contributed by atoms with Crippen molar-refractivity contribution in [3.8, 4) is 11.8 Å². The molecule has 8 heteroatoms. The molecular weight excluding hydrogens is 342 g/mol. The second-order valence-corrected chi connectivity index (χ2v) is 7.01. The van der Waals surface area contributed by atoms with Crippen LogP contribution in [0.1, 0.15) is 11.1 Å². The molecule has 126 valence electrons. The van der Waals surface area contributed by atoms with Gasteiger partial charge in [0, 0.05) is 22.8 Å². The van der Waals surface area contributed by atoms with Crippen LogP contribution in [-0.2, 0) is 9.84 Å². The fourth-order valence-electron chi connectivity index (χ4n) is 2.39. The largest absolute Gasteiger partial charge is 0.495 e. The summed E-state index contributed by atoms with van der Waals surface area (Å²) in [6, 6.07) is 10.7. The number of methoxy groups -OCH3 is 1. The molecule has 0 aromatic heterocycles. The predicted octanol–water partition coefficient (Wildman–Crippen LogP) is 2.97. The van der Waals surface area contributed by atoms with E-state index in [0.717, 1.165) is 5.41 Å². The number of benzene rings is 2. The van der Waals surface area contributed by atoms with Crippen molar-refractivity contribution in [2.24, 2.45) is 0 Å². The summed E-state index contributed by atoms with van der Waals surface area (Å²) in [5.41, 5.74) is 1.72. The van der Waals surface area contributed by atoms with Crippen molar-refractivity contribution >= 4 is 33.3 Å². The number of carbonyl (C=O) groups excluding carboxylic acids is 1. The second-order valence-electron chi connectivity index (χ2n) is 5.21. The van der Waals surface area contributed by atoms with E-state index < -0.39 is 15.9 Å². The third kappa shape index (κ3) is 3.32. The second kappa shape index (κ2) is 6.30. The molecule has 2 amide bonds. The van der Waals surface area contributed by atoms with Crippen molar-refractivity contribution < 1.29 is 17.9 Å². The Morgan fingerprint density at radius 1 is 1.12 bits per heavy atom. The first-order valence-electron chi connectivity index (χ1n) is 7.16. The predicted molar refractivity (Wildman–Crippen MR) is 93.0 cm³/mol. The summed E-state index contributed by atoms with van der Waals surface area (Å²) in [5.74, 6) is 0.343. The number of nitrogens with zero attached hydrogens (tertiary/aromatic N) is 1. The van der Waals surface area contributed by atoms with Crippen molar-refractivity contribution in [2.45, 2.75) is 4.90 Å². The molecule has 0 saturated carbocycles. The first-order chi connectivity index (χ1) is 11.9. The van der Waals surface area contributed by atoms with Crippen molar-refractivity contribution in [3.05, 3.63) is 52.9 Å². The Morgan fingerprint density at radius 3 is 2.48 bits per heavy atom. The maximum atomic E-state index is 12.1. The number of fused-ring (bicyclic) bond motifs is 1. The minimum Gasteiger partial charge on any atom is -0.495 e. The Bertz CT molecular complexity index is 1040. The van der Waals surface area contributed by atoms with Crippen LogP contribution in [-0.4, -0.2) is 21.6 Å². The summed E-state index contributed by atoms with van der Waals surface area (Å²) in [4.78, 5) is 12.3. The van der Waals surface area contributed by atoms with Crippen LogP contribution in [0.2, 0.25) is 0 Å². The number of anilines is 2. The van der Waals surface area contributed by atoms with E-state index in [4.69, 9.17) is 10.00 Å². The number of sulfone groups is 1. The Kier molecular flexibility index (Phi) is 4.17. The summed E-state index contributed by atoms with van der Waals surface area (Å²) < 4.78 is 28.8. The SMILES string of the molecule is COc1cc(NC(=O)Nc2ccc3c(c2)S(=O)(=O)C=C3)ccc1C#N. The third-order valence-corrected chi connectivity index (χ3v) is 5.05. The monoisotopic (exact) mass is 355 g/mol. The molecule has 1 aliphatic rings. The van der Waals surface area contributed by atoms with Crippen molar-refractivity contribution in [2.75, 3.05) is 17.7 Å². The first-order valence-corrected chi connectivity index (χ1v) is 8.71. The van der Waals surface area contributed by atoms with Gasteiger partial charge in [0.1, 0.15) is 11.8 Å². The van der Waals surface area contributed by atoms with E-state index in [1.54, 1.807) is 18.2 Å². The Balaban J connectivity index is 1.75. The smallest absolute Gasteiger partial charge is 0.323 e. The number of amides is 2. The van der Waals surface area contributed by atoms with Crippen LogP contribution in [0.4, 0.5) is 16.2 Å². The molecule has 2 N–H and O–H groups in total. The van der Waals surface area contributed by atoms with Gasteiger partial charge in [0.2, 0.25) is 9.84 Å². The zero-order valence-corrected chi connectivity index (χ0v) is 13.9. The third-order valence-electron chi connectivity index (χ3n) is 3.58. The van der Waals surface area contributed by atoms with Gasteiger partial charge in [0.25, 0.3) is 0 Å². The van der Waals surface area contributed by atoms with Crippen LogP contribution >= 0.6 is 0 Å². The summed E-state index contributed by atoms with van der Waals surface area (Å²) in [6.45, 7) is 0. The van der Waals surface area contributed by atoms with E-state index >= 15 is 0 Å². The van der Waals surface area contributed by atoms with Gasteiger partial charge in [-0.15, -0.1) is 0 Å². The summed E-state index contributed by atoms with van der Waals surface area (Å²) in [5, 5.41) is 15.3. The molecule has 1 aliphatic heterocycles. The number of hydrogen-bond acceptors (Lipinski definition) is 5. The highest BCUT2D eigenvalue weighted by molar-refractivity contribution is 7.94. The van der Waals surface area contributed by atoms with E-state index in [1.165, 1.54) is 31.4 Å². The highest BCUT2D eigenvalue weighted by Gasteiger charge is 2.21. The van der Waals surface area contributed by atoms with E-state index in [9.17, 15) is 13.2 Å². The minimum absolute atomic E-state index is 0.158. The van der Waals surface area contributed by atoms with Gasteiger partial charge in [-0.1, -0.05) is 6.07 Å². The molecule has 0 saturated heterocycles. The van der Waals surface area contributed by atoms with Crippen molar-refractivity contribution in [3.63, 3.8) is 0 Å². The number of urea groups is 1. The lowest BCUT2D eigenvalue weighted by Crippen LogP contribution is -2.19. The topological polar surface area (TPSA) is 108 Å². The number of ether oxygens (including phenoxy) is 1. The molecule has 0 unspecified atom stereocenters. The van der Waals surface area contributed by atoms with Gasteiger partial charge < -0.3 is 15.4 Å². The van der Waals surface area contributed by atoms with Crippen LogP contribution in [0.3, 0.4) is 0 Å². The van der Waals surface area contributed by atoms with Crippen LogP contribution in [0.15, 0.2) is 46.7 Å². The lowest BCUT2D eigenvalue weighted by Gasteiger charge is -2.10. The van der Waals surface area contributed by atoms with Crippen LogP contribution in [0.25, 0.3) is 6.08 Å². The van der Waals surface area contributed by atoms with Crippen molar-refractivity contribution in [1.29, 1.82) is 5.26 Å². The lowest BCUT2D eigenvalue weighted by atomic mass is 10.2. The molecule has 0 radical (unpaired) electrons. The van der Waals surface area contributed by atoms with Gasteiger partial charge in [-0.2, -0.15) is 5.26 Å². The van der Waals surface area contributed by atoms with E-state index in [0.29, 0.717) is 28.3 Å². The molecule has 1 heterocycles. The number of hydrogen-bond donors (Lipinski definition) is 2. The average molecular weight is 355 g/mol. The molecule has 0 aliphatic carbocycles. The van der Waals surface area contributed by atoms with Gasteiger partial charge in [-0.25, -0.2) is 13.2 Å². The normalized spacial score (nSPS) is 13.6. The molecule has 0 atom stereocenters. The fraction of sp³-hybridized carbons (Fsp3) is 0.0588. The summed E-state index contributed by atoms with van der Waals surface area (Å²) in [7, 11) is -2.01. The quantitative estimate of drug-likeness (QED) is 0.880. The highest BCUT2D eigenvalue weighted by Crippen LogP contribution is 2.29. The minimum atomic E-state index is -3.44. The fourth-order valence-corrected chi connectivity index (χ4v) is 3.62. The molecule has 0 fully saturated rings. The van der Waals surface area contributed by atoms with Gasteiger partial charge in [0.15, 0.2) is 0 Å². The number of rotatable bonds is 3. The van der Waals surface area contributed by atoms with E-state index in [-0.39, 0.29) is 4.90 Å². The van der Waals surface area contributed by atoms with Crippen LogP contribution in [0, 0.1) is 11.3 Å². The number of nitrogens with one attached hydrogen (secondary N) is 2. The zero-order chi connectivity index (χ0) is 18.0. The molecule has 7 nitrogen and oxygen atoms in total. The van der Waals surface area contributed by atoms with Crippen LogP contribution in [0.5, 0.6) is 5.75 Å². The molecule has 3 rings (SSSR count). The molecule has 25 heavy (non-hydrogen) atoms. The summed E-state index contributed by atoms with van der Waals surface area (Å²) in [6.07, 6.45) is 1.51. The van der Waals surface area contributed by atoms with E-state index in [1.807, 2.05) is 6.07 Å². The van der Waals surface area contributed by atoms with Gasteiger partial charge >= 0.3 is 6.03 Å². The standard InChI is InChI=1S/C17H13N3O4S/c1-24-15-8-13(5-3-12(15)10-18)19-17(21)20-14-4-2-11-6-7-25(22,23)16(11)9-14/h2-9H,1H3,(H2,19,20,21). The number of carbonyl (C=O) groups is 1. The lowest BCUT2D eigenvalue weighted by molar-refractivity contribution is 0.262. The molecule has 0 bridgehead atoms. The van der Waals surface area contributed by atoms with Crippen molar-refractivity contribution in [1.82, 2.24) is 0 Å². The Hall–Kier alpha value is -3.31. The first kappa shape index (κ1) is 16.5. The Labute approximate surface area is 144 Å². The number of nitriles is 1. The maximum absolute atomic E-state index is 12.1. The van der Waals surface area contributed by atoms with Gasteiger partial charge in [0.05, 0.1) is 17.6 Å². The zero-order valence-electron chi connectivity index (χ0n) is 13.1. The van der Waals surface area contributed by atoms with Gasteiger partial charge in [-0.3, -0.25) is 0 Å². The average Bonchev–Trinajstić information content (AvgIpc) is 2.89. The maximum Gasteiger partial charge on any atom is 0.323 e. The molecule has 2 aromatic rings. The summed E-state index contributed by atoms with van der Waals surface area (Å²) >= 11 is 0. The molecule has 2 aromatic carbocycles. The highest BCUT2D eigenvalue weighted by atomic mass is 32.2. The molecule has 0 spiro atoms. The van der Waals surface area contributed by atoms with Gasteiger partial charge in [-0.05, 0) is 35.9 Å². The van der Waals surface area contributed by atoms with E-state index in [2.05, 4.69) is 10.6 Å².